The van der Waals surface area contributed by atoms with Gasteiger partial charge < -0.3 is 5.11 Å². The molecule has 132 valence electrons. The lowest BCUT2D eigenvalue weighted by Gasteiger charge is -2.23. The summed E-state index contributed by atoms with van der Waals surface area (Å²) in [6.07, 6.45) is 1.48. The normalized spacial score (nSPS) is 12.7. The summed E-state index contributed by atoms with van der Waals surface area (Å²) in [5.41, 5.74) is 4.46. The lowest BCUT2D eigenvalue weighted by Crippen LogP contribution is -2.30. The number of aliphatic hydroxyl groups is 1. The van der Waals surface area contributed by atoms with Gasteiger partial charge in [-0.05, 0) is 48.6 Å². The Bertz CT molecular complexity index is 810. The maximum atomic E-state index is 9.89. The molecule has 3 aromatic rings. The van der Waals surface area contributed by atoms with Gasteiger partial charge in [0.25, 0.3) is 0 Å². The third-order valence-corrected chi connectivity index (χ3v) is 5.36. The molecule has 0 unspecified atom stereocenters. The van der Waals surface area contributed by atoms with Gasteiger partial charge in [-0.2, -0.15) is 5.10 Å². The number of nitrogens with one attached hydrogen (secondary N) is 1. The Morgan fingerprint density at radius 2 is 2.00 bits per heavy atom. The molecule has 0 saturated heterocycles. The summed E-state index contributed by atoms with van der Waals surface area (Å²) < 4.78 is 0. The van der Waals surface area contributed by atoms with Crippen molar-refractivity contribution in [3.8, 4) is 11.3 Å². The van der Waals surface area contributed by atoms with Crippen LogP contribution in [0.15, 0.2) is 41.9 Å². The van der Waals surface area contributed by atoms with E-state index in [-0.39, 0.29) is 6.10 Å². The molecule has 6 heteroatoms. The van der Waals surface area contributed by atoms with Crippen LogP contribution in [0.4, 0.5) is 0 Å². The van der Waals surface area contributed by atoms with Crippen LogP contribution in [0.5, 0.6) is 0 Å². The van der Waals surface area contributed by atoms with Crippen molar-refractivity contribution in [3.05, 3.63) is 62.9 Å². The highest BCUT2D eigenvalue weighted by atomic mass is 35.5. The van der Waals surface area contributed by atoms with Crippen LogP contribution < -0.4 is 0 Å². The molecule has 4 nitrogen and oxygen atoms in total. The fraction of sp³-hybridized carbons (Fsp3) is 0.316. The number of rotatable bonds is 7. The molecule has 0 saturated carbocycles. The van der Waals surface area contributed by atoms with Gasteiger partial charge >= 0.3 is 0 Å². The first-order chi connectivity index (χ1) is 12.0. The average molecular weight is 376 g/mol. The van der Waals surface area contributed by atoms with Gasteiger partial charge in [-0.25, -0.2) is 0 Å². The van der Waals surface area contributed by atoms with Gasteiger partial charge in [-0.15, -0.1) is 11.3 Å². The fourth-order valence-corrected chi connectivity index (χ4v) is 3.94. The SMILES string of the molecule is Cc1ccsc1CN(Cc1cn[nH]c1-c1ccc(Cl)cc1)C[C@@H](C)O. The van der Waals surface area contributed by atoms with E-state index >= 15 is 0 Å². The number of hydrogen-bond donors (Lipinski definition) is 2. The molecule has 0 bridgehead atoms. The Hall–Kier alpha value is -1.66. The van der Waals surface area contributed by atoms with Crippen LogP contribution in [0.1, 0.15) is 22.9 Å². The Morgan fingerprint density at radius 1 is 1.24 bits per heavy atom. The van der Waals surface area contributed by atoms with E-state index in [1.165, 1.54) is 10.4 Å². The molecule has 2 aromatic heterocycles. The summed E-state index contributed by atoms with van der Waals surface area (Å²) in [5.74, 6) is 0. The molecule has 25 heavy (non-hydrogen) atoms. The van der Waals surface area contributed by atoms with Crippen molar-refractivity contribution in [2.75, 3.05) is 6.54 Å². The topological polar surface area (TPSA) is 52.2 Å². The van der Waals surface area contributed by atoms with E-state index < -0.39 is 0 Å². The molecule has 1 aromatic carbocycles. The zero-order valence-electron chi connectivity index (χ0n) is 14.4. The van der Waals surface area contributed by atoms with E-state index in [0.29, 0.717) is 11.6 Å². The van der Waals surface area contributed by atoms with Gasteiger partial charge in [0.1, 0.15) is 0 Å². The van der Waals surface area contributed by atoms with E-state index in [4.69, 9.17) is 11.6 Å². The van der Waals surface area contributed by atoms with Gasteiger partial charge in [0, 0.05) is 35.1 Å². The van der Waals surface area contributed by atoms with Crippen LogP contribution in [0.2, 0.25) is 5.02 Å². The third kappa shape index (κ3) is 4.70. The minimum Gasteiger partial charge on any atom is -0.392 e. The fourth-order valence-electron chi connectivity index (χ4n) is 2.87. The summed E-state index contributed by atoms with van der Waals surface area (Å²) in [5, 5.41) is 20.0. The molecule has 0 amide bonds. The van der Waals surface area contributed by atoms with Crippen molar-refractivity contribution < 1.29 is 5.11 Å². The predicted octanol–water partition coefficient (Wildman–Crippen LogP) is 4.48. The van der Waals surface area contributed by atoms with Crippen LogP contribution in [-0.4, -0.2) is 32.9 Å². The van der Waals surface area contributed by atoms with Crippen LogP contribution in [0.3, 0.4) is 0 Å². The molecular weight excluding hydrogens is 354 g/mol. The number of halogens is 1. The number of nitrogens with zero attached hydrogens (tertiary/aromatic N) is 2. The summed E-state index contributed by atoms with van der Waals surface area (Å²) in [6.45, 7) is 6.10. The van der Waals surface area contributed by atoms with Gasteiger partial charge in [0.05, 0.1) is 18.0 Å². The smallest absolute Gasteiger partial charge is 0.0695 e. The van der Waals surface area contributed by atoms with E-state index in [2.05, 4.69) is 33.5 Å². The van der Waals surface area contributed by atoms with Crippen molar-refractivity contribution >= 4 is 22.9 Å². The molecule has 0 radical (unpaired) electrons. The standard InChI is InChI=1S/C19H22ClN3OS/c1-13-7-8-25-18(13)12-23(10-14(2)24)11-16-9-21-22-19(16)15-3-5-17(20)6-4-15/h3-9,14,24H,10-12H2,1-2H3,(H,21,22)/t14-/m1/s1. The van der Waals surface area contributed by atoms with Gasteiger partial charge in [-0.1, -0.05) is 23.7 Å². The highest BCUT2D eigenvalue weighted by molar-refractivity contribution is 7.10. The minimum atomic E-state index is -0.383. The lowest BCUT2D eigenvalue weighted by molar-refractivity contribution is 0.119. The van der Waals surface area contributed by atoms with Crippen LogP contribution >= 0.6 is 22.9 Å². The first kappa shape index (κ1) is 18.1. The Morgan fingerprint density at radius 3 is 2.64 bits per heavy atom. The minimum absolute atomic E-state index is 0.383. The van der Waals surface area contributed by atoms with Crippen molar-refractivity contribution in [1.82, 2.24) is 15.1 Å². The summed E-state index contributed by atoms with van der Waals surface area (Å²) in [7, 11) is 0. The maximum Gasteiger partial charge on any atom is 0.0695 e. The zero-order valence-corrected chi connectivity index (χ0v) is 15.9. The van der Waals surface area contributed by atoms with E-state index in [1.807, 2.05) is 37.4 Å². The Balaban J connectivity index is 1.81. The average Bonchev–Trinajstić information content (AvgIpc) is 3.17. The molecule has 0 aliphatic rings. The van der Waals surface area contributed by atoms with Crippen LogP contribution in [0, 0.1) is 6.92 Å². The van der Waals surface area contributed by atoms with E-state index in [9.17, 15) is 5.11 Å². The summed E-state index contributed by atoms with van der Waals surface area (Å²) in [6, 6.07) is 9.87. The van der Waals surface area contributed by atoms with Gasteiger partial charge in [0.2, 0.25) is 0 Å². The number of aromatic nitrogens is 2. The summed E-state index contributed by atoms with van der Waals surface area (Å²) in [4.78, 5) is 3.59. The molecule has 3 rings (SSSR count). The molecule has 0 aliphatic heterocycles. The summed E-state index contributed by atoms with van der Waals surface area (Å²) >= 11 is 7.75. The molecule has 0 fully saturated rings. The second kappa shape index (κ2) is 8.15. The van der Waals surface area contributed by atoms with Crippen molar-refractivity contribution in [2.45, 2.75) is 33.0 Å². The third-order valence-electron chi connectivity index (χ3n) is 4.10. The Labute approximate surface area is 157 Å². The highest BCUT2D eigenvalue weighted by Crippen LogP contribution is 2.25. The van der Waals surface area contributed by atoms with Crippen molar-refractivity contribution in [2.24, 2.45) is 0 Å². The quantitative estimate of drug-likeness (QED) is 0.640. The van der Waals surface area contributed by atoms with Crippen LogP contribution in [-0.2, 0) is 13.1 Å². The highest BCUT2D eigenvalue weighted by Gasteiger charge is 2.16. The number of H-pyrrole nitrogens is 1. The van der Waals surface area contributed by atoms with E-state index in [0.717, 1.165) is 29.9 Å². The molecule has 2 heterocycles. The molecule has 0 spiro atoms. The number of thiophene rings is 1. The second-order valence-corrected chi connectivity index (χ2v) is 7.76. The molecule has 1 atom stereocenters. The van der Waals surface area contributed by atoms with Gasteiger partial charge in [-0.3, -0.25) is 10.00 Å². The number of aromatic amines is 1. The largest absolute Gasteiger partial charge is 0.392 e. The van der Waals surface area contributed by atoms with Crippen LogP contribution in [0.25, 0.3) is 11.3 Å². The van der Waals surface area contributed by atoms with Crippen molar-refractivity contribution in [1.29, 1.82) is 0 Å². The predicted molar refractivity (Wildman–Crippen MR) is 104 cm³/mol. The molecule has 0 aliphatic carbocycles. The molecular formula is C19H22ClN3OS. The zero-order chi connectivity index (χ0) is 17.8. The van der Waals surface area contributed by atoms with Crippen molar-refractivity contribution in [3.63, 3.8) is 0 Å². The maximum absolute atomic E-state index is 9.89. The number of aryl methyl sites for hydroxylation is 1. The van der Waals surface area contributed by atoms with Gasteiger partial charge in [0.15, 0.2) is 0 Å². The monoisotopic (exact) mass is 375 g/mol. The number of benzene rings is 1. The first-order valence-electron chi connectivity index (χ1n) is 8.24. The number of aliphatic hydroxyl groups excluding tert-OH is 1. The first-order valence-corrected chi connectivity index (χ1v) is 9.50. The Kier molecular flexibility index (Phi) is 5.91. The van der Waals surface area contributed by atoms with E-state index in [1.54, 1.807) is 11.3 Å². The molecule has 2 N–H and O–H groups in total. The second-order valence-electron chi connectivity index (χ2n) is 6.32. The number of hydrogen-bond acceptors (Lipinski definition) is 4. The lowest BCUT2D eigenvalue weighted by atomic mass is 10.1.